The second-order valence-corrected chi connectivity index (χ2v) is 7.86. The van der Waals surface area contributed by atoms with Crippen molar-refractivity contribution < 1.29 is 4.79 Å². The molecule has 0 aliphatic heterocycles. The molecular formula is C24H28N4O2. The number of carbonyl (C=O) groups excluding carboxylic acids is 1. The van der Waals surface area contributed by atoms with Crippen molar-refractivity contribution in [2.24, 2.45) is 0 Å². The van der Waals surface area contributed by atoms with E-state index in [1.807, 2.05) is 81.4 Å². The number of nitrogens with one attached hydrogen (secondary N) is 2. The molecule has 1 amide bonds. The Kier molecular flexibility index (Phi) is 6.67. The van der Waals surface area contributed by atoms with Crippen LogP contribution < -0.4 is 15.8 Å². The zero-order chi connectivity index (χ0) is 21.7. The number of rotatable bonds is 7. The molecule has 156 valence electrons. The lowest BCUT2D eigenvalue weighted by Crippen LogP contribution is -2.31. The average molecular weight is 405 g/mol. The van der Waals surface area contributed by atoms with Gasteiger partial charge in [0.2, 0.25) is 0 Å². The van der Waals surface area contributed by atoms with Gasteiger partial charge in [-0.1, -0.05) is 50.2 Å². The second kappa shape index (κ2) is 9.39. The molecule has 0 radical (unpaired) electrons. The SMILES string of the molecule is CC(C)c1nc(C[C@@H](NC(=O)c2cccc(N(C)C)c2)c2ccccc2)cc(=O)[nH]1. The zero-order valence-corrected chi connectivity index (χ0v) is 17.8. The molecule has 1 atom stereocenters. The van der Waals surface area contributed by atoms with Crippen LogP contribution in [-0.2, 0) is 6.42 Å². The van der Waals surface area contributed by atoms with E-state index in [0.717, 1.165) is 11.3 Å². The van der Waals surface area contributed by atoms with Gasteiger partial charge in [-0.3, -0.25) is 9.59 Å². The molecule has 0 saturated heterocycles. The molecular weight excluding hydrogens is 376 g/mol. The molecule has 0 aliphatic carbocycles. The molecule has 2 aromatic carbocycles. The van der Waals surface area contributed by atoms with Crippen LogP contribution in [-0.4, -0.2) is 30.0 Å². The minimum Gasteiger partial charge on any atom is -0.378 e. The fourth-order valence-corrected chi connectivity index (χ4v) is 3.22. The van der Waals surface area contributed by atoms with Gasteiger partial charge >= 0.3 is 0 Å². The molecule has 0 unspecified atom stereocenters. The van der Waals surface area contributed by atoms with Gasteiger partial charge in [0.25, 0.3) is 11.5 Å². The van der Waals surface area contributed by atoms with Gasteiger partial charge in [0.15, 0.2) is 0 Å². The van der Waals surface area contributed by atoms with E-state index >= 15 is 0 Å². The van der Waals surface area contributed by atoms with Crippen molar-refractivity contribution in [1.29, 1.82) is 0 Å². The Morgan fingerprint density at radius 3 is 2.47 bits per heavy atom. The van der Waals surface area contributed by atoms with E-state index in [-0.39, 0.29) is 23.4 Å². The first-order valence-corrected chi connectivity index (χ1v) is 10.1. The van der Waals surface area contributed by atoms with Crippen LogP contribution in [0.3, 0.4) is 0 Å². The highest BCUT2D eigenvalue weighted by Gasteiger charge is 2.18. The highest BCUT2D eigenvalue weighted by atomic mass is 16.1. The number of carbonyl (C=O) groups is 1. The van der Waals surface area contributed by atoms with E-state index in [1.165, 1.54) is 6.07 Å². The monoisotopic (exact) mass is 404 g/mol. The van der Waals surface area contributed by atoms with E-state index in [4.69, 9.17) is 0 Å². The Balaban J connectivity index is 1.90. The first-order chi connectivity index (χ1) is 14.3. The molecule has 1 aromatic heterocycles. The zero-order valence-electron chi connectivity index (χ0n) is 17.8. The van der Waals surface area contributed by atoms with Crippen molar-refractivity contribution >= 4 is 11.6 Å². The molecule has 3 aromatic rings. The van der Waals surface area contributed by atoms with Gasteiger partial charge in [-0.15, -0.1) is 0 Å². The standard InChI is InChI=1S/C24H28N4O2/c1-16(2)23-25-19(15-22(29)27-23)14-21(17-9-6-5-7-10-17)26-24(30)18-11-8-12-20(13-18)28(3)4/h5-13,15-16,21H,14H2,1-4H3,(H,26,30)(H,25,27,29)/t21-/m1/s1. The third-order valence-electron chi connectivity index (χ3n) is 4.91. The lowest BCUT2D eigenvalue weighted by atomic mass is 10.0. The third kappa shape index (κ3) is 5.35. The molecule has 6 heteroatoms. The molecule has 0 bridgehead atoms. The van der Waals surface area contributed by atoms with Crippen molar-refractivity contribution in [1.82, 2.24) is 15.3 Å². The molecule has 30 heavy (non-hydrogen) atoms. The first kappa shape index (κ1) is 21.3. The Bertz CT molecular complexity index is 1060. The van der Waals surface area contributed by atoms with Crippen LogP contribution in [0.5, 0.6) is 0 Å². The number of anilines is 1. The summed E-state index contributed by atoms with van der Waals surface area (Å²) >= 11 is 0. The summed E-state index contributed by atoms with van der Waals surface area (Å²) in [6.07, 6.45) is 0.423. The highest BCUT2D eigenvalue weighted by Crippen LogP contribution is 2.20. The number of amides is 1. The van der Waals surface area contributed by atoms with Crippen LogP contribution in [0, 0.1) is 0 Å². The first-order valence-electron chi connectivity index (χ1n) is 10.1. The quantitative estimate of drug-likeness (QED) is 0.630. The minimum absolute atomic E-state index is 0.108. The summed E-state index contributed by atoms with van der Waals surface area (Å²) in [5, 5.41) is 3.12. The van der Waals surface area contributed by atoms with Gasteiger partial charge in [-0.2, -0.15) is 0 Å². The van der Waals surface area contributed by atoms with Gasteiger partial charge < -0.3 is 15.2 Å². The number of hydrogen-bond acceptors (Lipinski definition) is 4. The Morgan fingerprint density at radius 1 is 1.07 bits per heavy atom. The second-order valence-electron chi connectivity index (χ2n) is 7.86. The molecule has 0 aliphatic rings. The Morgan fingerprint density at radius 2 is 1.80 bits per heavy atom. The normalized spacial score (nSPS) is 11.9. The minimum atomic E-state index is -0.309. The lowest BCUT2D eigenvalue weighted by molar-refractivity contribution is 0.0936. The summed E-state index contributed by atoms with van der Waals surface area (Å²) in [7, 11) is 3.88. The molecule has 6 nitrogen and oxygen atoms in total. The van der Waals surface area contributed by atoms with E-state index < -0.39 is 0 Å². The van der Waals surface area contributed by atoms with Crippen molar-refractivity contribution in [3.8, 4) is 0 Å². The molecule has 2 N–H and O–H groups in total. The number of hydrogen-bond donors (Lipinski definition) is 2. The van der Waals surface area contributed by atoms with Crippen LogP contribution in [0.25, 0.3) is 0 Å². The third-order valence-corrected chi connectivity index (χ3v) is 4.91. The average Bonchev–Trinajstić information content (AvgIpc) is 2.73. The maximum atomic E-state index is 13.0. The molecule has 0 saturated carbocycles. The molecule has 0 spiro atoms. The van der Waals surface area contributed by atoms with Gasteiger partial charge in [-0.05, 0) is 23.8 Å². The number of nitrogens with zero attached hydrogens (tertiary/aromatic N) is 2. The number of aromatic amines is 1. The molecule has 3 rings (SSSR count). The van der Waals surface area contributed by atoms with E-state index in [2.05, 4.69) is 15.3 Å². The van der Waals surface area contributed by atoms with Gasteiger partial charge in [0.05, 0.1) is 11.7 Å². The number of benzene rings is 2. The van der Waals surface area contributed by atoms with Crippen molar-refractivity contribution in [2.75, 3.05) is 19.0 Å². The van der Waals surface area contributed by atoms with E-state index in [1.54, 1.807) is 6.07 Å². The lowest BCUT2D eigenvalue weighted by Gasteiger charge is -2.20. The predicted octanol–water partition coefficient (Wildman–Crippen LogP) is 3.67. The number of H-pyrrole nitrogens is 1. The maximum Gasteiger partial charge on any atom is 0.251 e. The summed E-state index contributed by atoms with van der Waals surface area (Å²) < 4.78 is 0. The Hall–Kier alpha value is -3.41. The summed E-state index contributed by atoms with van der Waals surface area (Å²) in [4.78, 5) is 34.5. The summed E-state index contributed by atoms with van der Waals surface area (Å²) in [6, 6.07) is 18.4. The maximum absolute atomic E-state index is 13.0. The summed E-state index contributed by atoms with van der Waals surface area (Å²) in [6.45, 7) is 3.96. The summed E-state index contributed by atoms with van der Waals surface area (Å²) in [5.41, 5.74) is 2.97. The van der Waals surface area contributed by atoms with Crippen LogP contribution in [0.4, 0.5) is 5.69 Å². The van der Waals surface area contributed by atoms with Crippen LogP contribution in [0.1, 0.15) is 53.2 Å². The molecule has 1 heterocycles. The van der Waals surface area contributed by atoms with Gasteiger partial charge in [0, 0.05) is 43.8 Å². The largest absolute Gasteiger partial charge is 0.378 e. The highest BCUT2D eigenvalue weighted by molar-refractivity contribution is 5.95. The molecule has 0 fully saturated rings. The van der Waals surface area contributed by atoms with E-state index in [9.17, 15) is 9.59 Å². The van der Waals surface area contributed by atoms with Crippen LogP contribution >= 0.6 is 0 Å². The van der Waals surface area contributed by atoms with E-state index in [0.29, 0.717) is 23.5 Å². The van der Waals surface area contributed by atoms with Crippen LogP contribution in [0.15, 0.2) is 65.5 Å². The summed E-state index contributed by atoms with van der Waals surface area (Å²) in [5.74, 6) is 0.590. The number of aromatic nitrogens is 2. The Labute approximate surface area is 177 Å². The smallest absolute Gasteiger partial charge is 0.251 e. The van der Waals surface area contributed by atoms with Gasteiger partial charge in [0.1, 0.15) is 5.82 Å². The predicted molar refractivity (Wildman–Crippen MR) is 120 cm³/mol. The fourth-order valence-electron chi connectivity index (χ4n) is 3.22. The van der Waals surface area contributed by atoms with Gasteiger partial charge in [-0.25, -0.2) is 4.98 Å². The van der Waals surface area contributed by atoms with Crippen LogP contribution in [0.2, 0.25) is 0 Å². The van der Waals surface area contributed by atoms with Crippen molar-refractivity contribution in [3.05, 3.63) is 93.7 Å². The topological polar surface area (TPSA) is 78.1 Å². The van der Waals surface area contributed by atoms with Crippen molar-refractivity contribution in [2.45, 2.75) is 32.2 Å². The van der Waals surface area contributed by atoms with Crippen molar-refractivity contribution in [3.63, 3.8) is 0 Å². The fraction of sp³-hybridized carbons (Fsp3) is 0.292.